The molecule has 0 aliphatic rings. The van der Waals surface area contributed by atoms with Crippen LogP contribution in [0, 0.1) is 0 Å². The fraction of sp³-hybridized carbons (Fsp3) is 0. The van der Waals surface area contributed by atoms with Gasteiger partial charge in [0.15, 0.2) is 11.6 Å². The molecule has 0 atom stereocenters. The van der Waals surface area contributed by atoms with Crippen molar-refractivity contribution in [3.05, 3.63) is 168 Å². The van der Waals surface area contributed by atoms with Gasteiger partial charge in [-0.2, -0.15) is 0 Å². The summed E-state index contributed by atoms with van der Waals surface area (Å²) in [6.07, 6.45) is 0. The largest absolute Gasteiger partial charge is 0.289 e. The van der Waals surface area contributed by atoms with Crippen molar-refractivity contribution in [1.29, 1.82) is 0 Å². The molecule has 2 heteroatoms. The van der Waals surface area contributed by atoms with Crippen LogP contribution >= 0.6 is 0 Å². The molecule has 0 heterocycles. The normalized spacial score (nSPS) is 10.0. The lowest BCUT2D eigenvalue weighted by Gasteiger charge is -2.04. The zero-order chi connectivity index (χ0) is 23.6. The second-order valence-corrected chi connectivity index (χ2v) is 7.70. The number of rotatable bonds is 5. The second kappa shape index (κ2) is 11.3. The van der Waals surface area contributed by atoms with E-state index in [1.165, 1.54) is 0 Å². The number of benzene rings is 5. The van der Waals surface area contributed by atoms with Crippen molar-refractivity contribution in [3.63, 3.8) is 0 Å². The van der Waals surface area contributed by atoms with Crippen LogP contribution in [0.2, 0.25) is 0 Å². The Labute approximate surface area is 200 Å². The molecule has 5 rings (SSSR count). The van der Waals surface area contributed by atoms with Crippen LogP contribution in [0.3, 0.4) is 0 Å². The standard InChI is InChI=1S/C19H14O.C13H10O/c20-19(17-9-5-2-6-10-17)18-13-11-16(12-14-18)15-7-3-1-4-8-15;14-13(11-7-3-1-4-8-11)12-9-5-2-6-10-12/h1-14H;1-10H. The van der Waals surface area contributed by atoms with E-state index in [9.17, 15) is 9.59 Å². The minimum atomic E-state index is 0.0604. The van der Waals surface area contributed by atoms with Crippen LogP contribution in [0.15, 0.2) is 146 Å². The third kappa shape index (κ3) is 5.81. The molecule has 2 nitrogen and oxygen atoms in total. The second-order valence-electron chi connectivity index (χ2n) is 7.70. The number of hydrogen-bond acceptors (Lipinski definition) is 2. The van der Waals surface area contributed by atoms with E-state index in [0.29, 0.717) is 0 Å². The molecule has 0 N–H and O–H groups in total. The summed E-state index contributed by atoms with van der Waals surface area (Å²) >= 11 is 0. The summed E-state index contributed by atoms with van der Waals surface area (Å²) in [5.74, 6) is 0.136. The van der Waals surface area contributed by atoms with Gasteiger partial charge in [-0.1, -0.05) is 146 Å². The maximum Gasteiger partial charge on any atom is 0.193 e. The first kappa shape index (κ1) is 22.6. The minimum absolute atomic E-state index is 0.0604. The van der Waals surface area contributed by atoms with Gasteiger partial charge in [0, 0.05) is 22.3 Å². The summed E-state index contributed by atoms with van der Waals surface area (Å²) < 4.78 is 0. The maximum atomic E-state index is 12.3. The number of carbonyl (C=O) groups is 2. The molecule has 0 aliphatic heterocycles. The van der Waals surface area contributed by atoms with Crippen molar-refractivity contribution >= 4 is 11.6 Å². The lowest BCUT2D eigenvalue weighted by Crippen LogP contribution is -2.00. The van der Waals surface area contributed by atoms with Crippen LogP contribution in [0.25, 0.3) is 11.1 Å². The molecule has 0 aromatic heterocycles. The highest BCUT2D eigenvalue weighted by Crippen LogP contribution is 2.20. The molecule has 0 bridgehead atoms. The van der Waals surface area contributed by atoms with E-state index < -0.39 is 0 Å². The molecule has 5 aromatic rings. The predicted molar refractivity (Wildman–Crippen MR) is 138 cm³/mol. The first-order chi connectivity index (χ1) is 16.7. The zero-order valence-electron chi connectivity index (χ0n) is 18.7. The monoisotopic (exact) mass is 440 g/mol. The summed E-state index contributed by atoms with van der Waals surface area (Å²) in [7, 11) is 0. The zero-order valence-corrected chi connectivity index (χ0v) is 18.7. The molecule has 164 valence electrons. The van der Waals surface area contributed by atoms with Gasteiger partial charge in [0.25, 0.3) is 0 Å². The van der Waals surface area contributed by atoms with Crippen LogP contribution < -0.4 is 0 Å². The van der Waals surface area contributed by atoms with Crippen molar-refractivity contribution in [1.82, 2.24) is 0 Å². The van der Waals surface area contributed by atoms with Gasteiger partial charge in [-0.05, 0) is 11.1 Å². The average Bonchev–Trinajstić information content (AvgIpc) is 2.94. The lowest BCUT2D eigenvalue weighted by atomic mass is 9.99. The van der Waals surface area contributed by atoms with E-state index in [1.807, 2.05) is 133 Å². The topological polar surface area (TPSA) is 34.1 Å². The molecule has 0 amide bonds. The summed E-state index contributed by atoms with van der Waals surface area (Å²) in [6.45, 7) is 0. The highest BCUT2D eigenvalue weighted by Gasteiger charge is 2.08. The molecule has 0 aliphatic carbocycles. The fourth-order valence-corrected chi connectivity index (χ4v) is 3.55. The van der Waals surface area contributed by atoms with Crippen LogP contribution in [-0.4, -0.2) is 11.6 Å². The smallest absolute Gasteiger partial charge is 0.193 e. The Balaban J connectivity index is 0.000000172. The van der Waals surface area contributed by atoms with Gasteiger partial charge in [-0.25, -0.2) is 0 Å². The molecule has 34 heavy (non-hydrogen) atoms. The number of carbonyl (C=O) groups excluding carboxylic acids is 2. The van der Waals surface area contributed by atoms with Crippen molar-refractivity contribution < 1.29 is 9.59 Å². The van der Waals surface area contributed by atoms with E-state index >= 15 is 0 Å². The summed E-state index contributed by atoms with van der Waals surface area (Å²) in [6, 6.07) is 45.9. The Morgan fingerprint density at radius 1 is 0.294 bits per heavy atom. The van der Waals surface area contributed by atoms with Gasteiger partial charge in [0.1, 0.15) is 0 Å². The van der Waals surface area contributed by atoms with E-state index in [-0.39, 0.29) is 11.6 Å². The van der Waals surface area contributed by atoms with E-state index in [4.69, 9.17) is 0 Å². The Morgan fingerprint density at radius 2 is 0.559 bits per heavy atom. The molecule has 0 saturated carbocycles. The van der Waals surface area contributed by atoms with Crippen molar-refractivity contribution in [2.75, 3.05) is 0 Å². The van der Waals surface area contributed by atoms with Crippen molar-refractivity contribution in [3.8, 4) is 11.1 Å². The number of ketones is 2. The van der Waals surface area contributed by atoms with Gasteiger partial charge in [-0.15, -0.1) is 0 Å². The molecular formula is C32H24O2. The first-order valence-electron chi connectivity index (χ1n) is 11.1. The molecular weight excluding hydrogens is 416 g/mol. The van der Waals surface area contributed by atoms with Crippen molar-refractivity contribution in [2.45, 2.75) is 0 Å². The third-order valence-corrected chi connectivity index (χ3v) is 5.36. The first-order valence-corrected chi connectivity index (χ1v) is 11.1. The summed E-state index contributed by atoms with van der Waals surface area (Å²) in [5, 5.41) is 0. The van der Waals surface area contributed by atoms with Crippen LogP contribution in [0.1, 0.15) is 31.8 Å². The van der Waals surface area contributed by atoms with Crippen LogP contribution in [-0.2, 0) is 0 Å². The van der Waals surface area contributed by atoms with Gasteiger partial charge >= 0.3 is 0 Å². The van der Waals surface area contributed by atoms with Gasteiger partial charge in [0.05, 0.1) is 0 Å². The SMILES string of the molecule is O=C(c1ccccc1)c1ccc(-c2ccccc2)cc1.O=C(c1ccccc1)c1ccccc1. The molecule has 0 fully saturated rings. The molecule has 5 aromatic carbocycles. The summed E-state index contributed by atoms with van der Waals surface area (Å²) in [4.78, 5) is 24.1. The number of hydrogen-bond donors (Lipinski definition) is 0. The lowest BCUT2D eigenvalue weighted by molar-refractivity contribution is 0.103. The summed E-state index contributed by atoms with van der Waals surface area (Å²) in [5.41, 5.74) is 5.19. The third-order valence-electron chi connectivity index (χ3n) is 5.36. The molecule has 0 radical (unpaired) electrons. The molecule has 0 unspecified atom stereocenters. The van der Waals surface area contributed by atoms with Crippen molar-refractivity contribution in [2.24, 2.45) is 0 Å². The predicted octanol–water partition coefficient (Wildman–Crippen LogP) is 7.50. The van der Waals surface area contributed by atoms with Gasteiger partial charge in [-0.3, -0.25) is 9.59 Å². The quantitative estimate of drug-likeness (QED) is 0.265. The highest BCUT2D eigenvalue weighted by atomic mass is 16.1. The Kier molecular flexibility index (Phi) is 7.55. The average molecular weight is 441 g/mol. The Morgan fingerprint density at radius 3 is 0.912 bits per heavy atom. The van der Waals surface area contributed by atoms with E-state index in [1.54, 1.807) is 0 Å². The van der Waals surface area contributed by atoms with Crippen LogP contribution in [0.4, 0.5) is 0 Å². The molecule has 0 spiro atoms. The van der Waals surface area contributed by atoms with Gasteiger partial charge < -0.3 is 0 Å². The van der Waals surface area contributed by atoms with E-state index in [0.717, 1.165) is 33.4 Å². The van der Waals surface area contributed by atoms with E-state index in [2.05, 4.69) is 12.1 Å². The Bertz CT molecular complexity index is 1290. The maximum absolute atomic E-state index is 12.3. The fourth-order valence-electron chi connectivity index (χ4n) is 3.55. The van der Waals surface area contributed by atoms with Gasteiger partial charge in [0.2, 0.25) is 0 Å². The Hall–Kier alpha value is -4.56. The minimum Gasteiger partial charge on any atom is -0.289 e. The van der Waals surface area contributed by atoms with Crippen LogP contribution in [0.5, 0.6) is 0 Å². The highest BCUT2D eigenvalue weighted by molar-refractivity contribution is 6.09. The molecule has 0 saturated heterocycles.